The van der Waals surface area contributed by atoms with Crippen molar-refractivity contribution in [2.75, 3.05) is 30.4 Å². The van der Waals surface area contributed by atoms with Crippen LogP contribution in [0.4, 0.5) is 15.8 Å². The van der Waals surface area contributed by atoms with Gasteiger partial charge in [0.25, 0.3) is 0 Å². The van der Waals surface area contributed by atoms with Crippen molar-refractivity contribution in [3.8, 4) is 11.8 Å². The Morgan fingerprint density at radius 1 is 1.23 bits per heavy atom. The Labute approximate surface area is 173 Å². The molecule has 4 rings (SSSR count). The molecule has 2 heterocycles. The van der Waals surface area contributed by atoms with Crippen LogP contribution >= 0.6 is 0 Å². The maximum Gasteiger partial charge on any atom is 0.227 e. The van der Waals surface area contributed by atoms with E-state index in [1.807, 2.05) is 12.1 Å². The summed E-state index contributed by atoms with van der Waals surface area (Å²) in [7, 11) is 1.60. The van der Waals surface area contributed by atoms with E-state index in [0.29, 0.717) is 48.1 Å². The van der Waals surface area contributed by atoms with Gasteiger partial charge in [0.2, 0.25) is 5.91 Å². The van der Waals surface area contributed by atoms with E-state index in [4.69, 9.17) is 4.74 Å². The van der Waals surface area contributed by atoms with Gasteiger partial charge in [0, 0.05) is 36.3 Å². The van der Waals surface area contributed by atoms with Crippen LogP contribution in [0.2, 0.25) is 0 Å². The van der Waals surface area contributed by atoms with Crippen molar-refractivity contribution in [3.05, 3.63) is 60.0 Å². The smallest absolute Gasteiger partial charge is 0.227 e. The molecule has 0 radical (unpaired) electrons. The number of nitrogens with one attached hydrogen (secondary N) is 1. The van der Waals surface area contributed by atoms with Crippen LogP contribution in [0.3, 0.4) is 0 Å². The lowest BCUT2D eigenvalue weighted by Crippen LogP contribution is -2.38. The van der Waals surface area contributed by atoms with Crippen LogP contribution in [-0.2, 0) is 4.79 Å². The third kappa shape index (κ3) is 3.90. The third-order valence-electron chi connectivity index (χ3n) is 5.46. The van der Waals surface area contributed by atoms with Crippen molar-refractivity contribution in [1.82, 2.24) is 4.98 Å². The molecule has 0 unspecified atom stereocenters. The van der Waals surface area contributed by atoms with Crippen molar-refractivity contribution >= 4 is 28.2 Å². The van der Waals surface area contributed by atoms with E-state index >= 15 is 0 Å². The first-order chi connectivity index (χ1) is 14.6. The molecule has 1 N–H and O–H groups in total. The molecule has 1 aromatic heterocycles. The van der Waals surface area contributed by atoms with E-state index < -0.39 is 0 Å². The van der Waals surface area contributed by atoms with Gasteiger partial charge in [-0.3, -0.25) is 9.78 Å². The van der Waals surface area contributed by atoms with Crippen LogP contribution in [0.15, 0.2) is 48.7 Å². The van der Waals surface area contributed by atoms with Crippen LogP contribution in [0.25, 0.3) is 10.9 Å². The van der Waals surface area contributed by atoms with E-state index in [9.17, 15) is 14.4 Å². The summed E-state index contributed by atoms with van der Waals surface area (Å²) in [6.07, 6.45) is 2.82. The van der Waals surface area contributed by atoms with Gasteiger partial charge in [0.1, 0.15) is 17.6 Å². The van der Waals surface area contributed by atoms with E-state index in [2.05, 4.69) is 21.3 Å². The molecule has 1 aliphatic rings. The Balaban J connectivity index is 1.48. The first-order valence-corrected chi connectivity index (χ1v) is 9.77. The highest BCUT2D eigenvalue weighted by Gasteiger charge is 2.27. The highest BCUT2D eigenvalue weighted by Crippen LogP contribution is 2.33. The van der Waals surface area contributed by atoms with Crippen LogP contribution < -0.4 is 15.0 Å². The van der Waals surface area contributed by atoms with Crippen LogP contribution in [0.5, 0.6) is 5.75 Å². The Morgan fingerprint density at radius 3 is 2.63 bits per heavy atom. The number of amides is 1. The summed E-state index contributed by atoms with van der Waals surface area (Å²) in [6.45, 7) is 1.20. The maximum absolute atomic E-state index is 13.9. The number of rotatable bonds is 4. The number of nitriles is 1. The molecule has 6 nitrogen and oxygen atoms in total. The topological polar surface area (TPSA) is 78.2 Å². The molecule has 3 aromatic rings. The standard InChI is InChI=1S/C23H21FN4O2/c1-30-19-5-3-18(4-6-19)27-23(29)15-8-10-28(11-9-15)22-16(13-25)14-26-21-7-2-17(24)12-20(21)22/h2-7,12,14-15H,8-11H2,1H3,(H,27,29). The quantitative estimate of drug-likeness (QED) is 0.708. The summed E-state index contributed by atoms with van der Waals surface area (Å²) in [5.41, 5.74) is 2.47. The van der Waals surface area contributed by atoms with Gasteiger partial charge in [-0.25, -0.2) is 4.39 Å². The highest BCUT2D eigenvalue weighted by molar-refractivity contribution is 5.95. The maximum atomic E-state index is 13.9. The zero-order chi connectivity index (χ0) is 21.1. The van der Waals surface area contributed by atoms with Gasteiger partial charge in [-0.05, 0) is 55.3 Å². The molecule has 1 aliphatic heterocycles. The summed E-state index contributed by atoms with van der Waals surface area (Å²) in [5.74, 6) is 0.217. The van der Waals surface area contributed by atoms with Gasteiger partial charge in [-0.2, -0.15) is 5.26 Å². The fraction of sp³-hybridized carbons (Fsp3) is 0.261. The predicted octanol–water partition coefficient (Wildman–Crippen LogP) is 4.11. The average Bonchev–Trinajstić information content (AvgIpc) is 2.78. The van der Waals surface area contributed by atoms with Crippen molar-refractivity contribution in [2.45, 2.75) is 12.8 Å². The van der Waals surface area contributed by atoms with Gasteiger partial charge in [-0.15, -0.1) is 0 Å². The Kier molecular flexibility index (Phi) is 5.48. The summed E-state index contributed by atoms with van der Waals surface area (Å²) in [5, 5.41) is 13.1. The fourth-order valence-corrected chi connectivity index (χ4v) is 3.86. The molecule has 1 amide bonds. The van der Waals surface area contributed by atoms with Crippen LogP contribution in [-0.4, -0.2) is 31.1 Å². The van der Waals surface area contributed by atoms with Gasteiger partial charge >= 0.3 is 0 Å². The fourth-order valence-electron chi connectivity index (χ4n) is 3.86. The molecule has 0 spiro atoms. The number of aromatic nitrogens is 1. The van der Waals surface area contributed by atoms with Gasteiger partial charge in [-0.1, -0.05) is 0 Å². The van der Waals surface area contributed by atoms with Crippen molar-refractivity contribution in [3.63, 3.8) is 0 Å². The van der Waals surface area contributed by atoms with Crippen molar-refractivity contribution in [2.24, 2.45) is 5.92 Å². The summed E-state index contributed by atoms with van der Waals surface area (Å²) in [6, 6.07) is 13.8. The molecule has 7 heteroatoms. The van der Waals surface area contributed by atoms with Crippen molar-refractivity contribution < 1.29 is 13.9 Å². The number of benzene rings is 2. The zero-order valence-electron chi connectivity index (χ0n) is 16.6. The highest BCUT2D eigenvalue weighted by atomic mass is 19.1. The summed E-state index contributed by atoms with van der Waals surface area (Å²) in [4.78, 5) is 19.0. The largest absolute Gasteiger partial charge is 0.497 e. The number of ether oxygens (including phenoxy) is 1. The molecule has 0 atom stereocenters. The van der Waals surface area contributed by atoms with Crippen LogP contribution in [0.1, 0.15) is 18.4 Å². The minimum absolute atomic E-state index is 0.0223. The predicted molar refractivity (Wildman–Crippen MR) is 113 cm³/mol. The molecular weight excluding hydrogens is 383 g/mol. The number of anilines is 2. The molecule has 0 bridgehead atoms. The lowest BCUT2D eigenvalue weighted by molar-refractivity contribution is -0.120. The number of piperidine rings is 1. The second kappa shape index (κ2) is 8.37. The number of methoxy groups -OCH3 is 1. The number of carbonyl (C=O) groups is 1. The number of halogens is 1. The first kappa shape index (κ1) is 19.6. The van der Waals surface area contributed by atoms with Gasteiger partial charge < -0.3 is 15.0 Å². The molecule has 0 aliphatic carbocycles. The number of fused-ring (bicyclic) bond motifs is 1. The zero-order valence-corrected chi connectivity index (χ0v) is 16.6. The van der Waals surface area contributed by atoms with Gasteiger partial charge in [0.05, 0.1) is 23.9 Å². The molecule has 152 valence electrons. The Hall–Kier alpha value is -3.66. The molecular formula is C23H21FN4O2. The number of pyridine rings is 1. The lowest BCUT2D eigenvalue weighted by atomic mass is 9.94. The van der Waals surface area contributed by atoms with Gasteiger partial charge in [0.15, 0.2) is 0 Å². The Morgan fingerprint density at radius 2 is 1.97 bits per heavy atom. The van der Waals surface area contributed by atoms with E-state index in [-0.39, 0.29) is 17.6 Å². The molecule has 30 heavy (non-hydrogen) atoms. The minimum Gasteiger partial charge on any atom is -0.497 e. The monoisotopic (exact) mass is 404 g/mol. The molecule has 0 saturated carbocycles. The molecule has 1 fully saturated rings. The van der Waals surface area contributed by atoms with Crippen molar-refractivity contribution in [1.29, 1.82) is 5.26 Å². The average molecular weight is 404 g/mol. The number of nitrogens with zero attached hydrogens (tertiary/aromatic N) is 3. The summed E-state index contributed by atoms with van der Waals surface area (Å²) < 4.78 is 19.0. The second-order valence-corrected chi connectivity index (χ2v) is 7.27. The third-order valence-corrected chi connectivity index (χ3v) is 5.46. The van der Waals surface area contributed by atoms with E-state index in [0.717, 1.165) is 11.4 Å². The molecule has 2 aromatic carbocycles. The van der Waals surface area contributed by atoms with E-state index in [1.54, 1.807) is 25.3 Å². The summed E-state index contributed by atoms with van der Waals surface area (Å²) >= 11 is 0. The minimum atomic E-state index is -0.366. The molecule has 1 saturated heterocycles. The first-order valence-electron chi connectivity index (χ1n) is 9.77. The lowest BCUT2D eigenvalue weighted by Gasteiger charge is -2.34. The number of hydrogen-bond donors (Lipinski definition) is 1. The second-order valence-electron chi connectivity index (χ2n) is 7.27. The number of hydrogen-bond acceptors (Lipinski definition) is 5. The number of carbonyl (C=O) groups excluding carboxylic acids is 1. The Bertz CT molecular complexity index is 1120. The normalized spacial score (nSPS) is 14.4. The SMILES string of the molecule is COc1ccc(NC(=O)C2CCN(c3c(C#N)cnc4ccc(F)cc34)CC2)cc1. The van der Waals surface area contributed by atoms with E-state index in [1.165, 1.54) is 18.3 Å². The van der Waals surface area contributed by atoms with Crippen LogP contribution in [0, 0.1) is 23.1 Å².